The van der Waals surface area contributed by atoms with E-state index in [2.05, 4.69) is 0 Å². The van der Waals surface area contributed by atoms with E-state index in [9.17, 15) is 19.8 Å². The number of nitrogens with zero attached hydrogens (tertiary/aromatic N) is 1. The van der Waals surface area contributed by atoms with Crippen molar-refractivity contribution in [3.05, 3.63) is 17.7 Å². The van der Waals surface area contributed by atoms with Gasteiger partial charge in [-0.1, -0.05) is 0 Å². The Morgan fingerprint density at radius 2 is 1.88 bits per heavy atom. The van der Waals surface area contributed by atoms with Crippen molar-refractivity contribution in [1.82, 2.24) is 0 Å². The van der Waals surface area contributed by atoms with Crippen LogP contribution in [0.1, 0.15) is 12.5 Å². The number of hydrogen-bond acceptors (Lipinski definition) is 4. The molecule has 6 heteroatoms. The molecule has 1 aromatic rings. The largest absolute Gasteiger partial charge is 0.504 e. The van der Waals surface area contributed by atoms with Crippen molar-refractivity contribution in [3.8, 4) is 11.5 Å². The minimum absolute atomic E-state index is 0.123. The number of phenolic OH excluding ortho intramolecular Hbond substituents is 2. The van der Waals surface area contributed by atoms with E-state index in [-0.39, 0.29) is 17.9 Å². The second kappa shape index (κ2) is 3.65. The lowest BCUT2D eigenvalue weighted by molar-refractivity contribution is -0.139. The average molecular weight is 237 g/mol. The number of carboxylic acids is 1. The van der Waals surface area contributed by atoms with Gasteiger partial charge in [-0.3, -0.25) is 9.69 Å². The van der Waals surface area contributed by atoms with Gasteiger partial charge in [-0.05, 0) is 11.6 Å². The summed E-state index contributed by atoms with van der Waals surface area (Å²) in [5, 5.41) is 27.7. The van der Waals surface area contributed by atoms with E-state index in [0.717, 1.165) is 4.90 Å². The second-order valence-electron chi connectivity index (χ2n) is 3.92. The molecule has 2 rings (SSSR count). The summed E-state index contributed by atoms with van der Waals surface area (Å²) >= 11 is 0. The van der Waals surface area contributed by atoms with Crippen LogP contribution in [0.4, 0.5) is 5.69 Å². The molecule has 1 aliphatic heterocycles. The Balaban J connectivity index is 2.54. The van der Waals surface area contributed by atoms with Crippen LogP contribution in [0.2, 0.25) is 0 Å². The van der Waals surface area contributed by atoms with Gasteiger partial charge in [0.25, 0.3) is 0 Å². The molecule has 1 atom stereocenters. The molecule has 0 saturated carbocycles. The van der Waals surface area contributed by atoms with Crippen LogP contribution in [0.25, 0.3) is 0 Å². The molecule has 3 N–H and O–H groups in total. The highest BCUT2D eigenvalue weighted by atomic mass is 16.4. The lowest BCUT2D eigenvalue weighted by Crippen LogP contribution is -2.41. The molecule has 90 valence electrons. The molecular weight excluding hydrogens is 226 g/mol. The normalized spacial score (nSPS) is 17.9. The number of hydrogen-bond donors (Lipinski definition) is 3. The fourth-order valence-electron chi connectivity index (χ4n) is 2.05. The van der Waals surface area contributed by atoms with Crippen molar-refractivity contribution < 1.29 is 24.9 Å². The van der Waals surface area contributed by atoms with Crippen molar-refractivity contribution in [2.45, 2.75) is 19.4 Å². The predicted octanol–water partition coefficient (Wildman–Crippen LogP) is 0.460. The number of carboxylic acid groups (broad SMARTS) is 1. The van der Waals surface area contributed by atoms with Crippen LogP contribution in [0, 0.1) is 0 Å². The fraction of sp³-hybridized carbons (Fsp3) is 0.273. The quantitative estimate of drug-likeness (QED) is 0.616. The number of phenols is 2. The summed E-state index contributed by atoms with van der Waals surface area (Å²) in [5.74, 6) is -2.23. The van der Waals surface area contributed by atoms with Crippen molar-refractivity contribution in [2.24, 2.45) is 0 Å². The smallest absolute Gasteiger partial charge is 0.327 e. The standard InChI is InChI=1S/C11H11NO5/c1-5(13)12-7-4-10(15)9(14)3-6(7)2-8(12)11(16)17/h3-4,8,14-15H,2H2,1H3,(H,16,17). The molecule has 17 heavy (non-hydrogen) atoms. The average Bonchev–Trinajstić information content (AvgIpc) is 2.57. The summed E-state index contributed by atoms with van der Waals surface area (Å²) in [5.41, 5.74) is 0.864. The summed E-state index contributed by atoms with van der Waals surface area (Å²) in [4.78, 5) is 23.6. The summed E-state index contributed by atoms with van der Waals surface area (Å²) in [6, 6.07) is 1.50. The molecule has 0 saturated heterocycles. The first-order valence-electron chi connectivity index (χ1n) is 4.99. The highest BCUT2D eigenvalue weighted by Gasteiger charge is 2.37. The van der Waals surface area contributed by atoms with Crippen molar-refractivity contribution >= 4 is 17.6 Å². The van der Waals surface area contributed by atoms with E-state index in [0.29, 0.717) is 11.3 Å². The van der Waals surface area contributed by atoms with E-state index in [1.807, 2.05) is 0 Å². The van der Waals surface area contributed by atoms with Gasteiger partial charge in [0.05, 0.1) is 5.69 Å². The second-order valence-corrected chi connectivity index (χ2v) is 3.92. The van der Waals surface area contributed by atoms with Gasteiger partial charge < -0.3 is 15.3 Å². The van der Waals surface area contributed by atoms with Crippen molar-refractivity contribution in [2.75, 3.05) is 4.90 Å². The molecule has 0 spiro atoms. The molecule has 1 aromatic carbocycles. The molecule has 1 unspecified atom stereocenters. The van der Waals surface area contributed by atoms with E-state index < -0.39 is 17.9 Å². The third-order valence-corrected chi connectivity index (χ3v) is 2.78. The highest BCUT2D eigenvalue weighted by molar-refractivity contribution is 6.01. The zero-order chi connectivity index (χ0) is 12.7. The minimum Gasteiger partial charge on any atom is -0.504 e. The van der Waals surface area contributed by atoms with Crippen LogP contribution < -0.4 is 4.90 Å². The van der Waals surface area contributed by atoms with E-state index in [1.165, 1.54) is 19.1 Å². The van der Waals surface area contributed by atoms with E-state index in [4.69, 9.17) is 5.11 Å². The number of carbonyl (C=O) groups is 2. The summed E-state index contributed by atoms with van der Waals surface area (Å²) < 4.78 is 0. The van der Waals surface area contributed by atoms with Gasteiger partial charge in [0.15, 0.2) is 11.5 Å². The number of anilines is 1. The van der Waals surface area contributed by atoms with Crippen LogP contribution in [-0.4, -0.2) is 33.2 Å². The highest BCUT2D eigenvalue weighted by Crippen LogP contribution is 2.39. The molecule has 0 bridgehead atoms. The van der Waals surface area contributed by atoms with Gasteiger partial charge in [0.1, 0.15) is 6.04 Å². The van der Waals surface area contributed by atoms with E-state index >= 15 is 0 Å². The molecule has 1 aliphatic rings. The maximum absolute atomic E-state index is 11.4. The van der Waals surface area contributed by atoms with Crippen molar-refractivity contribution in [1.29, 1.82) is 0 Å². The van der Waals surface area contributed by atoms with Crippen LogP contribution in [0.15, 0.2) is 12.1 Å². The minimum atomic E-state index is -1.12. The van der Waals surface area contributed by atoms with Crippen LogP contribution >= 0.6 is 0 Å². The third kappa shape index (κ3) is 1.67. The molecule has 0 fully saturated rings. The van der Waals surface area contributed by atoms with Crippen LogP contribution in [0.3, 0.4) is 0 Å². The topological polar surface area (TPSA) is 98.1 Å². The molecule has 0 aromatic heterocycles. The van der Waals surface area contributed by atoms with E-state index in [1.54, 1.807) is 0 Å². The number of rotatable bonds is 1. The summed E-state index contributed by atoms with van der Waals surface area (Å²) in [7, 11) is 0. The number of benzene rings is 1. The lowest BCUT2D eigenvalue weighted by atomic mass is 10.1. The van der Waals surface area contributed by atoms with Gasteiger partial charge in [-0.2, -0.15) is 0 Å². The Labute approximate surface area is 96.7 Å². The first-order chi connectivity index (χ1) is 7.91. The first kappa shape index (κ1) is 11.3. The Bertz CT molecular complexity index is 511. The van der Waals surface area contributed by atoms with Gasteiger partial charge in [-0.25, -0.2) is 4.79 Å². The van der Waals surface area contributed by atoms with Crippen LogP contribution in [-0.2, 0) is 16.0 Å². The maximum Gasteiger partial charge on any atom is 0.327 e. The van der Waals surface area contributed by atoms with Crippen molar-refractivity contribution in [3.63, 3.8) is 0 Å². The monoisotopic (exact) mass is 237 g/mol. The van der Waals surface area contributed by atoms with Gasteiger partial charge >= 0.3 is 5.97 Å². The molecule has 0 aliphatic carbocycles. The zero-order valence-corrected chi connectivity index (χ0v) is 9.04. The SMILES string of the molecule is CC(=O)N1c2cc(O)c(O)cc2CC1C(=O)O. The Kier molecular flexibility index (Phi) is 2.42. The fourth-order valence-corrected chi connectivity index (χ4v) is 2.05. The molecule has 1 heterocycles. The Morgan fingerprint density at radius 1 is 1.29 bits per heavy atom. The van der Waals surface area contributed by atoms with Gasteiger partial charge in [-0.15, -0.1) is 0 Å². The van der Waals surface area contributed by atoms with Crippen LogP contribution in [0.5, 0.6) is 11.5 Å². The maximum atomic E-state index is 11.4. The lowest BCUT2D eigenvalue weighted by Gasteiger charge is -2.20. The van der Waals surface area contributed by atoms with Gasteiger partial charge in [0, 0.05) is 19.4 Å². The molecule has 0 radical (unpaired) electrons. The summed E-state index contributed by atoms with van der Waals surface area (Å²) in [6.07, 6.45) is 0.123. The summed E-state index contributed by atoms with van der Waals surface area (Å²) in [6.45, 7) is 1.26. The van der Waals surface area contributed by atoms with Gasteiger partial charge in [0.2, 0.25) is 5.91 Å². The molecular formula is C11H11NO5. The Hall–Kier alpha value is -2.24. The zero-order valence-electron chi connectivity index (χ0n) is 9.04. The number of fused-ring (bicyclic) bond motifs is 1. The third-order valence-electron chi connectivity index (χ3n) is 2.78. The number of aromatic hydroxyl groups is 2. The first-order valence-corrected chi connectivity index (χ1v) is 4.99. The Morgan fingerprint density at radius 3 is 2.41 bits per heavy atom. The molecule has 6 nitrogen and oxygen atoms in total. The predicted molar refractivity (Wildman–Crippen MR) is 58.1 cm³/mol. The number of aliphatic carboxylic acids is 1. The molecule has 1 amide bonds. The number of amides is 1. The number of carbonyl (C=O) groups excluding carboxylic acids is 1.